The molecule has 0 radical (unpaired) electrons. The average Bonchev–Trinajstić information content (AvgIpc) is 2.92. The molecular weight excluding hydrogens is 325 g/mol. The van der Waals surface area contributed by atoms with E-state index in [0.29, 0.717) is 4.68 Å². The summed E-state index contributed by atoms with van der Waals surface area (Å²) in [6.45, 7) is 0.758. The molecule has 1 amide bonds. The highest BCUT2D eigenvalue weighted by Crippen LogP contribution is 2.46. The van der Waals surface area contributed by atoms with E-state index in [-0.39, 0.29) is 17.8 Å². The minimum absolute atomic E-state index is 0.00663. The average molecular weight is 341 g/mol. The predicted octanol–water partition coefficient (Wildman–Crippen LogP) is 3.27. The van der Waals surface area contributed by atoms with Crippen LogP contribution in [0.4, 0.5) is 27.6 Å². The minimum atomic E-state index is -4.61. The molecule has 0 aromatic carbocycles. The van der Waals surface area contributed by atoms with Crippen molar-refractivity contribution in [1.29, 1.82) is 0 Å². The first-order chi connectivity index (χ1) is 10.5. The van der Waals surface area contributed by atoms with E-state index in [4.69, 9.17) is 4.74 Å². The summed E-state index contributed by atoms with van der Waals surface area (Å²) in [5.41, 5.74) is -2.28. The molecule has 2 heterocycles. The van der Waals surface area contributed by atoms with Gasteiger partial charge >= 0.3 is 12.7 Å². The van der Waals surface area contributed by atoms with Gasteiger partial charge in [0, 0.05) is 0 Å². The van der Waals surface area contributed by atoms with Gasteiger partial charge in [-0.05, 0) is 26.2 Å². The first kappa shape index (κ1) is 17.6. The highest BCUT2D eigenvalue weighted by Gasteiger charge is 2.61. The molecule has 1 fully saturated rings. The smallest absolute Gasteiger partial charge is 0.352 e. The Kier molecular flexibility index (Phi) is 4.40. The van der Waals surface area contributed by atoms with Crippen molar-refractivity contribution < 1.29 is 31.5 Å². The van der Waals surface area contributed by atoms with Crippen molar-refractivity contribution in [3.8, 4) is 0 Å². The predicted molar refractivity (Wildman–Crippen MR) is 70.0 cm³/mol. The van der Waals surface area contributed by atoms with Crippen molar-refractivity contribution in [3.63, 3.8) is 0 Å². The molecule has 23 heavy (non-hydrogen) atoms. The van der Waals surface area contributed by atoms with Crippen LogP contribution in [0, 0.1) is 12.8 Å². The lowest BCUT2D eigenvalue weighted by molar-refractivity contribution is -0.272. The Balaban J connectivity index is 2.11. The number of alkyl halides is 5. The second-order valence-corrected chi connectivity index (χ2v) is 5.72. The Morgan fingerprint density at radius 2 is 2.13 bits per heavy atom. The molecule has 0 bridgehead atoms. The number of nitrogens with one attached hydrogen (secondary N) is 1. The summed E-state index contributed by atoms with van der Waals surface area (Å²) < 4.78 is 69.5. The maximum absolute atomic E-state index is 13.1. The number of aryl methyl sites for hydroxylation is 1. The number of carbonyl (C=O) groups excluding carboxylic acids is 1. The number of aromatic nitrogens is 2. The molecule has 1 N–H and O–H groups in total. The second kappa shape index (κ2) is 5.73. The normalized spacial score (nSPS) is 28.4. The van der Waals surface area contributed by atoms with E-state index in [1.54, 1.807) is 0 Å². The number of carbonyl (C=O) groups is 1. The van der Waals surface area contributed by atoms with Crippen molar-refractivity contribution >= 4 is 11.6 Å². The zero-order valence-corrected chi connectivity index (χ0v) is 12.6. The van der Waals surface area contributed by atoms with Gasteiger partial charge in [0.2, 0.25) is 0 Å². The van der Waals surface area contributed by atoms with Crippen molar-refractivity contribution in [2.24, 2.45) is 5.92 Å². The third-order valence-corrected chi connectivity index (χ3v) is 4.12. The maximum atomic E-state index is 13.1. The number of rotatable bonds is 3. The fourth-order valence-electron chi connectivity index (χ4n) is 2.43. The van der Waals surface area contributed by atoms with Crippen LogP contribution in [0.15, 0.2) is 6.20 Å². The van der Waals surface area contributed by atoms with Crippen LogP contribution in [0.5, 0.6) is 0 Å². The number of hydrogen-bond donors (Lipinski definition) is 1. The van der Waals surface area contributed by atoms with Gasteiger partial charge < -0.3 is 10.1 Å². The summed E-state index contributed by atoms with van der Waals surface area (Å²) in [4.78, 5) is 12.1. The molecule has 1 aromatic heterocycles. The number of nitrogens with zero attached hydrogens (tertiary/aromatic N) is 2. The Morgan fingerprint density at radius 3 is 2.57 bits per heavy atom. The first-order valence-electron chi connectivity index (χ1n) is 6.85. The standard InChI is InChI=1S/C13H16F5N3O2/c1-6-4-9(23-12(6,3)13(16,17)18)10(22)19-8-5-21(11(14)15)20-7(8)2/h5-6,9,11H,4H2,1-3H3,(H,19,22)/t6-,9+,12+/m0/s1. The van der Waals surface area contributed by atoms with Crippen molar-refractivity contribution in [1.82, 2.24) is 9.78 Å². The van der Waals surface area contributed by atoms with Gasteiger partial charge in [-0.15, -0.1) is 0 Å². The minimum Gasteiger partial charge on any atom is -0.352 e. The van der Waals surface area contributed by atoms with E-state index in [0.717, 1.165) is 13.1 Å². The van der Waals surface area contributed by atoms with Gasteiger partial charge in [-0.2, -0.15) is 27.1 Å². The van der Waals surface area contributed by atoms with Gasteiger partial charge in [0.1, 0.15) is 6.10 Å². The van der Waals surface area contributed by atoms with Crippen LogP contribution in [0.3, 0.4) is 0 Å². The van der Waals surface area contributed by atoms with Crippen molar-refractivity contribution in [3.05, 3.63) is 11.9 Å². The first-order valence-corrected chi connectivity index (χ1v) is 6.85. The fourth-order valence-corrected chi connectivity index (χ4v) is 2.43. The van der Waals surface area contributed by atoms with E-state index in [2.05, 4.69) is 10.4 Å². The van der Waals surface area contributed by atoms with Crippen LogP contribution >= 0.6 is 0 Å². The summed E-state index contributed by atoms with van der Waals surface area (Å²) in [6.07, 6.45) is -5.13. The Hall–Kier alpha value is -1.71. The molecule has 1 aliphatic heterocycles. The molecule has 1 aliphatic rings. The molecule has 0 unspecified atom stereocenters. The fraction of sp³-hybridized carbons (Fsp3) is 0.692. The maximum Gasteiger partial charge on any atom is 0.417 e. The second-order valence-electron chi connectivity index (χ2n) is 5.72. The third kappa shape index (κ3) is 3.17. The molecule has 130 valence electrons. The van der Waals surface area contributed by atoms with Crippen LogP contribution in [-0.4, -0.2) is 33.6 Å². The van der Waals surface area contributed by atoms with Crippen molar-refractivity contribution in [2.45, 2.75) is 51.6 Å². The van der Waals surface area contributed by atoms with Crippen LogP contribution in [0.1, 0.15) is 32.5 Å². The van der Waals surface area contributed by atoms with E-state index in [9.17, 15) is 26.7 Å². The lowest BCUT2D eigenvalue weighted by Crippen LogP contribution is -2.47. The highest BCUT2D eigenvalue weighted by molar-refractivity contribution is 5.94. The van der Waals surface area contributed by atoms with Gasteiger partial charge in [-0.1, -0.05) is 6.92 Å². The molecule has 0 spiro atoms. The SMILES string of the molecule is Cc1nn(C(F)F)cc1NC(=O)[C@H]1C[C@H](C)[C@](C)(C(F)(F)F)O1. The van der Waals surface area contributed by atoms with Crippen LogP contribution in [0.2, 0.25) is 0 Å². The van der Waals surface area contributed by atoms with Gasteiger partial charge in [0.25, 0.3) is 5.91 Å². The molecule has 5 nitrogen and oxygen atoms in total. The van der Waals surface area contributed by atoms with E-state index in [1.165, 1.54) is 13.8 Å². The summed E-state index contributed by atoms with van der Waals surface area (Å²) in [5, 5.41) is 5.79. The largest absolute Gasteiger partial charge is 0.417 e. The molecular formula is C13H16F5N3O2. The molecule has 1 saturated heterocycles. The van der Waals surface area contributed by atoms with Crippen LogP contribution < -0.4 is 5.32 Å². The zero-order valence-electron chi connectivity index (χ0n) is 12.6. The number of ether oxygens (including phenoxy) is 1. The Morgan fingerprint density at radius 1 is 1.52 bits per heavy atom. The highest BCUT2D eigenvalue weighted by atomic mass is 19.4. The van der Waals surface area contributed by atoms with Gasteiger partial charge in [0.05, 0.1) is 17.6 Å². The van der Waals surface area contributed by atoms with E-state index < -0.39 is 36.3 Å². The number of anilines is 1. The van der Waals surface area contributed by atoms with Crippen LogP contribution in [-0.2, 0) is 9.53 Å². The number of amides is 1. The van der Waals surface area contributed by atoms with Crippen molar-refractivity contribution in [2.75, 3.05) is 5.32 Å². The van der Waals surface area contributed by atoms with E-state index in [1.807, 2.05) is 0 Å². The topological polar surface area (TPSA) is 56.2 Å². The quantitative estimate of drug-likeness (QED) is 0.859. The van der Waals surface area contributed by atoms with Gasteiger partial charge in [0.15, 0.2) is 5.60 Å². The van der Waals surface area contributed by atoms with Gasteiger partial charge in [-0.3, -0.25) is 4.79 Å². The molecule has 2 rings (SSSR count). The number of hydrogen-bond acceptors (Lipinski definition) is 3. The molecule has 10 heteroatoms. The lowest BCUT2D eigenvalue weighted by Gasteiger charge is -2.30. The molecule has 1 aromatic rings. The summed E-state index contributed by atoms with van der Waals surface area (Å²) >= 11 is 0. The molecule has 3 atom stereocenters. The Labute approximate surface area is 128 Å². The van der Waals surface area contributed by atoms with E-state index >= 15 is 0 Å². The zero-order chi connectivity index (χ0) is 17.6. The molecule has 0 saturated carbocycles. The summed E-state index contributed by atoms with van der Waals surface area (Å²) in [5.74, 6) is -1.73. The lowest BCUT2D eigenvalue weighted by atomic mass is 9.89. The third-order valence-electron chi connectivity index (χ3n) is 4.12. The number of halogens is 5. The van der Waals surface area contributed by atoms with Gasteiger partial charge in [-0.25, -0.2) is 4.68 Å². The molecule has 0 aliphatic carbocycles. The Bertz CT molecular complexity index is 601. The monoisotopic (exact) mass is 341 g/mol. The summed E-state index contributed by atoms with van der Waals surface area (Å²) in [7, 11) is 0. The summed E-state index contributed by atoms with van der Waals surface area (Å²) in [6, 6.07) is 0. The van der Waals surface area contributed by atoms with Crippen LogP contribution in [0.25, 0.3) is 0 Å².